The summed E-state index contributed by atoms with van der Waals surface area (Å²) < 4.78 is 105. The van der Waals surface area contributed by atoms with Gasteiger partial charge in [0.05, 0.1) is 34.4 Å². The maximum atomic E-state index is 14.2. The Balaban J connectivity index is 1.88. The highest BCUT2D eigenvalue weighted by Crippen LogP contribution is 2.41. The molecule has 4 rings (SSSR count). The smallest absolute Gasteiger partial charge is 0.377 e. The number of pyridine rings is 1. The molecule has 0 saturated heterocycles. The van der Waals surface area contributed by atoms with Crippen LogP contribution >= 0.6 is 0 Å². The third-order valence-corrected chi connectivity index (χ3v) is 8.14. The molecule has 0 amide bonds. The molecule has 202 valence electrons. The van der Waals surface area contributed by atoms with E-state index in [2.05, 4.69) is 9.71 Å². The first-order valence-corrected chi connectivity index (χ1v) is 12.9. The molecule has 37 heavy (non-hydrogen) atoms. The van der Waals surface area contributed by atoms with Gasteiger partial charge in [-0.25, -0.2) is 13.9 Å². The van der Waals surface area contributed by atoms with Crippen molar-refractivity contribution in [3.63, 3.8) is 0 Å². The number of rotatable bonds is 8. The van der Waals surface area contributed by atoms with Crippen molar-refractivity contribution in [2.45, 2.75) is 68.9 Å². The number of hydrogen-bond acceptors (Lipinski definition) is 3. The molecule has 1 fully saturated rings. The molecule has 1 N–H and O–H groups in total. The van der Waals surface area contributed by atoms with Crippen LogP contribution in [0.2, 0.25) is 0 Å². The number of fused-ring (bicyclic) bond motifs is 1. The van der Waals surface area contributed by atoms with Crippen LogP contribution in [0.25, 0.3) is 22.3 Å². The Labute approximate surface area is 212 Å². The molecule has 2 atom stereocenters. The summed E-state index contributed by atoms with van der Waals surface area (Å²) in [4.78, 5) is 4.40. The molecule has 2 heterocycles. The zero-order chi connectivity index (χ0) is 27.2. The van der Waals surface area contributed by atoms with E-state index in [9.17, 15) is 30.6 Å². The number of ether oxygens (including phenoxy) is 1. The van der Waals surface area contributed by atoms with E-state index in [0.717, 1.165) is 12.5 Å². The number of nitrogens with zero attached hydrogens (tertiary/aromatic N) is 2. The zero-order valence-electron chi connectivity index (χ0n) is 20.4. The monoisotopic (exact) mass is 547 g/mol. The summed E-state index contributed by atoms with van der Waals surface area (Å²) in [5, 5.41) is -0.255. The van der Waals surface area contributed by atoms with Crippen LogP contribution in [0.1, 0.15) is 50.3 Å². The van der Waals surface area contributed by atoms with Gasteiger partial charge in [-0.2, -0.15) is 26.3 Å². The van der Waals surface area contributed by atoms with Gasteiger partial charge in [-0.05, 0) is 44.9 Å². The second kappa shape index (κ2) is 10.0. The minimum absolute atomic E-state index is 0.0314. The van der Waals surface area contributed by atoms with Crippen LogP contribution in [-0.2, 0) is 28.4 Å². The Morgan fingerprint density at radius 2 is 1.78 bits per heavy atom. The van der Waals surface area contributed by atoms with Crippen LogP contribution in [0.5, 0.6) is 0 Å². The molecule has 0 aliphatic heterocycles. The van der Waals surface area contributed by atoms with Gasteiger partial charge in [0.15, 0.2) is 0 Å². The van der Waals surface area contributed by atoms with Crippen molar-refractivity contribution in [3.8, 4) is 11.3 Å². The van der Waals surface area contributed by atoms with E-state index >= 15 is 0 Å². The van der Waals surface area contributed by atoms with Crippen LogP contribution in [0.15, 0.2) is 42.6 Å². The SMILES string of the molecule is COC(C)(C)Cn1cc(C(NS(=O)C2CCC2)C(F)(F)F)c2ccc(-c3ccccc3C(F)(F)F)nc21. The predicted octanol–water partition coefficient (Wildman–Crippen LogP) is 6.56. The van der Waals surface area contributed by atoms with Crippen molar-refractivity contribution in [3.05, 3.63) is 53.7 Å². The van der Waals surface area contributed by atoms with Gasteiger partial charge >= 0.3 is 12.4 Å². The van der Waals surface area contributed by atoms with E-state index < -0.39 is 40.5 Å². The Bertz CT molecular complexity index is 1300. The Morgan fingerprint density at radius 1 is 1.11 bits per heavy atom. The molecule has 1 aromatic carbocycles. The summed E-state index contributed by atoms with van der Waals surface area (Å²) in [6.45, 7) is 3.53. The Hall–Kier alpha value is -2.44. The molecule has 0 spiro atoms. The second-order valence-electron chi connectivity index (χ2n) is 9.73. The summed E-state index contributed by atoms with van der Waals surface area (Å²) in [5.74, 6) is 0. The maximum absolute atomic E-state index is 14.2. The summed E-state index contributed by atoms with van der Waals surface area (Å²) in [7, 11) is -0.455. The standard InChI is InChI=1S/C25H27F6N3O2S/c1-23(2,36-3)14-34-13-18(21(25(29,30)31)33-37(35)15-7-6-8-15)16-11-12-20(32-22(16)34)17-9-4-5-10-19(17)24(26,27)28/h4-5,9-13,15,21,33H,6-8,14H2,1-3H3. The molecular weight excluding hydrogens is 520 g/mol. The van der Waals surface area contributed by atoms with Gasteiger partial charge in [0, 0.05) is 35.1 Å². The van der Waals surface area contributed by atoms with E-state index in [4.69, 9.17) is 4.74 Å². The minimum Gasteiger partial charge on any atom is -0.377 e. The highest BCUT2D eigenvalue weighted by molar-refractivity contribution is 7.83. The van der Waals surface area contributed by atoms with Gasteiger partial charge in [-0.3, -0.25) is 0 Å². The number of alkyl halides is 6. The number of nitrogens with one attached hydrogen (secondary N) is 1. The van der Waals surface area contributed by atoms with E-state index in [1.807, 2.05) is 0 Å². The number of halogens is 6. The molecule has 1 aliphatic carbocycles. The topological polar surface area (TPSA) is 56.1 Å². The van der Waals surface area contributed by atoms with Crippen LogP contribution < -0.4 is 4.72 Å². The van der Waals surface area contributed by atoms with E-state index in [0.29, 0.717) is 12.8 Å². The van der Waals surface area contributed by atoms with Crippen molar-refractivity contribution >= 4 is 22.0 Å². The third-order valence-electron chi connectivity index (χ3n) is 6.59. The molecule has 5 nitrogen and oxygen atoms in total. The number of hydrogen-bond donors (Lipinski definition) is 1. The maximum Gasteiger partial charge on any atom is 0.417 e. The predicted molar refractivity (Wildman–Crippen MR) is 129 cm³/mol. The molecule has 12 heteroatoms. The number of aromatic nitrogens is 2. The largest absolute Gasteiger partial charge is 0.417 e. The summed E-state index contributed by atoms with van der Waals surface area (Å²) in [5.41, 5.74) is -2.07. The molecule has 3 aromatic rings. The fourth-order valence-electron chi connectivity index (χ4n) is 4.22. The quantitative estimate of drug-likeness (QED) is 0.325. The van der Waals surface area contributed by atoms with Gasteiger partial charge in [-0.1, -0.05) is 24.6 Å². The highest BCUT2D eigenvalue weighted by Gasteiger charge is 2.45. The lowest BCUT2D eigenvalue weighted by Crippen LogP contribution is -2.41. The first-order chi connectivity index (χ1) is 17.2. The number of benzene rings is 1. The molecule has 2 unspecified atom stereocenters. The van der Waals surface area contributed by atoms with Crippen LogP contribution in [0.4, 0.5) is 26.3 Å². The fraction of sp³-hybridized carbons (Fsp3) is 0.480. The van der Waals surface area contributed by atoms with Crippen molar-refractivity contribution in [2.24, 2.45) is 0 Å². The van der Waals surface area contributed by atoms with Gasteiger partial charge < -0.3 is 9.30 Å². The van der Waals surface area contributed by atoms with Crippen molar-refractivity contribution < 1.29 is 35.3 Å². The van der Waals surface area contributed by atoms with Crippen molar-refractivity contribution in [2.75, 3.05) is 7.11 Å². The average Bonchev–Trinajstić information content (AvgIpc) is 3.11. The number of methoxy groups -OCH3 is 1. The molecular formula is C25H27F6N3O2S. The van der Waals surface area contributed by atoms with Gasteiger partial charge in [0.1, 0.15) is 11.7 Å². The normalized spacial score (nSPS) is 17.1. The molecule has 0 bridgehead atoms. The van der Waals surface area contributed by atoms with Gasteiger partial charge in [0.25, 0.3) is 0 Å². The first-order valence-electron chi connectivity index (χ1n) is 11.7. The highest BCUT2D eigenvalue weighted by atomic mass is 32.2. The first kappa shape index (κ1) is 27.6. The lowest BCUT2D eigenvalue weighted by atomic mass is 10.0. The molecule has 1 saturated carbocycles. The zero-order valence-corrected chi connectivity index (χ0v) is 21.2. The minimum atomic E-state index is -4.78. The van der Waals surface area contributed by atoms with Crippen molar-refractivity contribution in [1.29, 1.82) is 0 Å². The van der Waals surface area contributed by atoms with Crippen molar-refractivity contribution in [1.82, 2.24) is 14.3 Å². The Morgan fingerprint density at radius 3 is 2.35 bits per heavy atom. The fourth-order valence-corrected chi connectivity index (χ4v) is 5.67. The molecule has 2 aromatic heterocycles. The van der Waals surface area contributed by atoms with Crippen LogP contribution in [-0.4, -0.2) is 37.9 Å². The Kier molecular flexibility index (Phi) is 7.48. The van der Waals surface area contributed by atoms with Crippen LogP contribution in [0.3, 0.4) is 0 Å². The average molecular weight is 548 g/mol. The van der Waals surface area contributed by atoms with E-state index in [1.165, 1.54) is 48.2 Å². The summed E-state index contributed by atoms with van der Waals surface area (Å²) in [6.07, 6.45) is -6.19. The summed E-state index contributed by atoms with van der Waals surface area (Å²) >= 11 is 0. The van der Waals surface area contributed by atoms with E-state index in [-0.39, 0.29) is 39.6 Å². The summed E-state index contributed by atoms with van der Waals surface area (Å²) in [6, 6.07) is 5.26. The lowest BCUT2D eigenvalue weighted by Gasteiger charge is -2.28. The van der Waals surface area contributed by atoms with Crippen LogP contribution in [0, 0.1) is 0 Å². The van der Waals surface area contributed by atoms with Gasteiger partial charge in [0.2, 0.25) is 0 Å². The molecule has 0 radical (unpaired) electrons. The molecule has 1 aliphatic rings. The van der Waals surface area contributed by atoms with Gasteiger partial charge in [-0.15, -0.1) is 0 Å². The second-order valence-corrected chi connectivity index (χ2v) is 11.2. The third kappa shape index (κ3) is 5.85. The lowest BCUT2D eigenvalue weighted by molar-refractivity contribution is -0.152. The van der Waals surface area contributed by atoms with E-state index in [1.54, 1.807) is 13.8 Å².